The minimum absolute atomic E-state index is 0.0428. The molecule has 0 aromatic heterocycles. The van der Waals surface area contributed by atoms with Gasteiger partial charge in [-0.1, -0.05) is 68.3 Å². The smallest absolute Gasteiger partial charge is 0.308 e. The highest BCUT2D eigenvalue weighted by atomic mass is 79.9. The summed E-state index contributed by atoms with van der Waals surface area (Å²) in [6, 6.07) is 17.5. The third-order valence-corrected chi connectivity index (χ3v) is 9.19. The van der Waals surface area contributed by atoms with E-state index in [-0.39, 0.29) is 18.1 Å². The molecule has 31 heavy (non-hydrogen) atoms. The van der Waals surface area contributed by atoms with Crippen molar-refractivity contribution in [3.05, 3.63) is 69.6 Å². The first-order chi connectivity index (χ1) is 14.7. The van der Waals surface area contributed by atoms with Crippen LogP contribution in [0.4, 0.5) is 5.69 Å². The van der Waals surface area contributed by atoms with Gasteiger partial charge in [-0.2, -0.15) is 0 Å². The Morgan fingerprint density at radius 2 is 1.48 bits per heavy atom. The zero-order chi connectivity index (χ0) is 22.6. The number of hydrogen-bond acceptors (Lipinski definition) is 5. The van der Waals surface area contributed by atoms with Crippen LogP contribution in [0.1, 0.15) is 13.8 Å². The fourth-order valence-electron chi connectivity index (χ4n) is 3.18. The predicted molar refractivity (Wildman–Crippen MR) is 131 cm³/mol. The molecular formula is C21H22Br2NO5PS. The van der Waals surface area contributed by atoms with E-state index in [1.165, 1.54) is 12.1 Å². The van der Waals surface area contributed by atoms with Crippen LogP contribution in [0.2, 0.25) is 0 Å². The Morgan fingerprint density at radius 3 is 2.10 bits per heavy atom. The van der Waals surface area contributed by atoms with Gasteiger partial charge >= 0.3 is 7.60 Å². The molecule has 0 saturated heterocycles. The summed E-state index contributed by atoms with van der Waals surface area (Å²) >= 11 is 6.69. The van der Waals surface area contributed by atoms with Crippen molar-refractivity contribution in [2.45, 2.75) is 18.7 Å². The quantitative estimate of drug-likeness (QED) is 0.257. The highest BCUT2D eigenvalue weighted by Gasteiger charge is 2.36. The van der Waals surface area contributed by atoms with Crippen LogP contribution in [-0.4, -0.2) is 27.9 Å². The summed E-state index contributed by atoms with van der Waals surface area (Å²) in [5, 5.41) is 1.57. The van der Waals surface area contributed by atoms with Crippen molar-refractivity contribution in [1.29, 1.82) is 0 Å². The molecule has 166 valence electrons. The van der Waals surface area contributed by atoms with Crippen LogP contribution < -0.4 is 4.31 Å². The van der Waals surface area contributed by atoms with E-state index in [0.717, 1.165) is 9.69 Å². The van der Waals surface area contributed by atoms with Gasteiger partial charge in [0, 0.05) is 14.3 Å². The second-order valence-corrected chi connectivity index (χ2v) is 12.3. The molecule has 3 aromatic carbocycles. The fourth-order valence-corrected chi connectivity index (χ4v) is 8.53. The lowest BCUT2D eigenvalue weighted by Gasteiger charge is -2.29. The molecule has 0 aliphatic carbocycles. The molecule has 0 saturated carbocycles. The number of sulfonamides is 1. The summed E-state index contributed by atoms with van der Waals surface area (Å²) < 4.78 is 54.2. The van der Waals surface area contributed by atoms with Crippen LogP contribution >= 0.6 is 39.5 Å². The minimum Gasteiger partial charge on any atom is -0.308 e. The van der Waals surface area contributed by atoms with Crippen LogP contribution in [0.15, 0.2) is 74.5 Å². The first kappa shape index (κ1) is 24.4. The van der Waals surface area contributed by atoms with Gasteiger partial charge in [0.1, 0.15) is 6.29 Å². The first-order valence-corrected chi connectivity index (χ1v) is 14.3. The lowest BCUT2D eigenvalue weighted by Crippen LogP contribution is -2.33. The van der Waals surface area contributed by atoms with E-state index in [0.29, 0.717) is 20.0 Å². The summed E-state index contributed by atoms with van der Waals surface area (Å²) in [7, 11) is -7.86. The van der Waals surface area contributed by atoms with Crippen molar-refractivity contribution in [2.24, 2.45) is 0 Å². The number of halogens is 2. The lowest BCUT2D eigenvalue weighted by molar-refractivity contribution is 0.221. The molecule has 10 heteroatoms. The molecule has 0 spiro atoms. The Balaban J connectivity index is 2.24. The molecular weight excluding hydrogens is 569 g/mol. The predicted octanol–water partition coefficient (Wildman–Crippen LogP) is 6.78. The van der Waals surface area contributed by atoms with Gasteiger partial charge in [-0.15, -0.1) is 0 Å². The second kappa shape index (κ2) is 10.1. The molecule has 0 fully saturated rings. The monoisotopic (exact) mass is 589 g/mol. The van der Waals surface area contributed by atoms with Crippen LogP contribution in [0.3, 0.4) is 0 Å². The molecule has 0 aliphatic rings. The molecule has 3 aromatic rings. The van der Waals surface area contributed by atoms with Gasteiger partial charge in [-0.25, -0.2) is 8.42 Å². The number of anilines is 1. The third kappa shape index (κ3) is 5.59. The van der Waals surface area contributed by atoms with E-state index in [4.69, 9.17) is 9.05 Å². The number of hydrogen-bond donors (Lipinski definition) is 0. The van der Waals surface area contributed by atoms with Crippen LogP contribution in [0, 0.1) is 0 Å². The van der Waals surface area contributed by atoms with Gasteiger partial charge in [-0.05, 0) is 43.5 Å². The molecule has 0 unspecified atom stereocenters. The van der Waals surface area contributed by atoms with Crippen molar-refractivity contribution >= 4 is 65.9 Å². The van der Waals surface area contributed by atoms with Crippen molar-refractivity contribution < 1.29 is 22.0 Å². The van der Waals surface area contributed by atoms with Crippen LogP contribution in [0.25, 0.3) is 10.8 Å². The van der Waals surface area contributed by atoms with Crippen molar-refractivity contribution in [2.75, 3.05) is 23.8 Å². The number of fused-ring (bicyclic) bond motifs is 1. The second-order valence-electron chi connectivity index (χ2n) is 6.54. The number of rotatable bonds is 9. The average Bonchev–Trinajstić information content (AvgIpc) is 2.71. The molecule has 0 atom stereocenters. The maximum Gasteiger partial charge on any atom is 0.350 e. The Kier molecular flexibility index (Phi) is 8.00. The molecule has 0 heterocycles. The molecule has 6 nitrogen and oxygen atoms in total. The molecule has 0 N–H and O–H groups in total. The lowest BCUT2D eigenvalue weighted by atomic mass is 10.1. The van der Waals surface area contributed by atoms with Gasteiger partial charge in [-0.3, -0.25) is 8.87 Å². The normalized spacial score (nSPS) is 12.3. The highest BCUT2D eigenvalue weighted by Crippen LogP contribution is 2.51. The van der Waals surface area contributed by atoms with E-state index >= 15 is 0 Å². The largest absolute Gasteiger partial charge is 0.350 e. The van der Waals surface area contributed by atoms with E-state index in [9.17, 15) is 13.0 Å². The molecule has 0 bridgehead atoms. The van der Waals surface area contributed by atoms with Gasteiger partial charge in [0.2, 0.25) is 0 Å². The Morgan fingerprint density at radius 1 is 0.903 bits per heavy atom. The minimum atomic E-state index is -4.12. The van der Waals surface area contributed by atoms with E-state index in [1.54, 1.807) is 32.0 Å². The molecule has 0 amide bonds. The van der Waals surface area contributed by atoms with Crippen LogP contribution in [-0.2, 0) is 23.6 Å². The summed E-state index contributed by atoms with van der Waals surface area (Å²) in [5.74, 6) is 0. The van der Waals surface area contributed by atoms with E-state index < -0.39 is 23.9 Å². The maximum absolute atomic E-state index is 13.8. The number of nitrogens with zero attached hydrogens (tertiary/aromatic N) is 1. The van der Waals surface area contributed by atoms with Crippen molar-refractivity contribution in [1.82, 2.24) is 0 Å². The third-order valence-electron chi connectivity index (χ3n) is 4.41. The summed E-state index contributed by atoms with van der Waals surface area (Å²) in [5.41, 5.74) is 0.397. The van der Waals surface area contributed by atoms with Crippen molar-refractivity contribution in [3.63, 3.8) is 0 Å². The standard InChI is InChI=1S/C21H22Br2NO5PS/c1-3-28-30(25,29-4-2)15-24(21-11-7-9-16-8-5-6-10-20(16)21)31(26,27)19-13-17(22)12-18(23)14-19/h5-14H,3-4,15H2,1-2H3. The Labute approximate surface area is 199 Å². The topological polar surface area (TPSA) is 72.9 Å². The first-order valence-electron chi connectivity index (χ1n) is 9.55. The summed E-state index contributed by atoms with van der Waals surface area (Å²) in [4.78, 5) is 0.0428. The molecule has 0 radical (unpaired) electrons. The maximum atomic E-state index is 13.8. The molecule has 3 rings (SSSR count). The summed E-state index contributed by atoms with van der Waals surface area (Å²) in [6.45, 7) is 3.63. The average molecular weight is 591 g/mol. The van der Waals surface area contributed by atoms with Gasteiger partial charge in [0.05, 0.1) is 23.8 Å². The van der Waals surface area contributed by atoms with Crippen LogP contribution in [0.5, 0.6) is 0 Å². The zero-order valence-corrected chi connectivity index (χ0v) is 21.9. The van der Waals surface area contributed by atoms with Gasteiger partial charge < -0.3 is 9.05 Å². The zero-order valence-electron chi connectivity index (χ0n) is 17.0. The van der Waals surface area contributed by atoms with Crippen molar-refractivity contribution in [3.8, 4) is 0 Å². The van der Waals surface area contributed by atoms with Gasteiger partial charge in [0.15, 0.2) is 0 Å². The number of benzene rings is 3. The Bertz CT molecular complexity index is 1200. The highest BCUT2D eigenvalue weighted by molar-refractivity contribution is 9.11. The summed E-state index contributed by atoms with van der Waals surface area (Å²) in [6.07, 6.45) is -0.449. The SMILES string of the molecule is CCOP(=O)(CN(c1cccc2ccccc12)S(=O)(=O)c1cc(Br)cc(Br)c1)OCC. The van der Waals surface area contributed by atoms with E-state index in [1.807, 2.05) is 30.3 Å². The fraction of sp³-hybridized carbons (Fsp3) is 0.238. The van der Waals surface area contributed by atoms with E-state index in [2.05, 4.69) is 31.9 Å². The Hall–Kier alpha value is -1.22. The molecule has 0 aliphatic heterocycles. The van der Waals surface area contributed by atoms with Gasteiger partial charge in [0.25, 0.3) is 10.0 Å².